The standard InChI is InChI=1S/C9H15NO4/c1-10-4-2-3-9(6-10,8(13)14)5-7(11)12/h2-6H2,1H3,(H,11,12)(H,13,14). The molecule has 1 rings (SSSR count). The minimum absolute atomic E-state index is 0.285. The number of carboxylic acid groups (broad SMARTS) is 2. The fraction of sp³-hybridized carbons (Fsp3) is 0.778. The van der Waals surface area contributed by atoms with Crippen molar-refractivity contribution in [2.45, 2.75) is 19.3 Å². The second-order valence-corrected chi connectivity index (χ2v) is 4.00. The van der Waals surface area contributed by atoms with Gasteiger partial charge in [0.15, 0.2) is 0 Å². The van der Waals surface area contributed by atoms with Crippen molar-refractivity contribution in [1.29, 1.82) is 0 Å². The lowest BCUT2D eigenvalue weighted by Gasteiger charge is -2.37. The second-order valence-electron chi connectivity index (χ2n) is 4.00. The van der Waals surface area contributed by atoms with Crippen molar-refractivity contribution >= 4 is 11.9 Å². The zero-order valence-electron chi connectivity index (χ0n) is 8.19. The molecule has 0 aromatic carbocycles. The van der Waals surface area contributed by atoms with Crippen LogP contribution in [0.1, 0.15) is 19.3 Å². The second kappa shape index (κ2) is 3.96. The highest BCUT2D eigenvalue weighted by Crippen LogP contribution is 2.33. The largest absolute Gasteiger partial charge is 0.481 e. The highest BCUT2D eigenvalue weighted by atomic mass is 16.4. The highest BCUT2D eigenvalue weighted by Gasteiger charge is 2.43. The summed E-state index contributed by atoms with van der Waals surface area (Å²) >= 11 is 0. The van der Waals surface area contributed by atoms with E-state index in [0.29, 0.717) is 13.0 Å². The molecule has 80 valence electrons. The summed E-state index contributed by atoms with van der Waals surface area (Å²) in [5.41, 5.74) is -1.08. The molecule has 0 amide bonds. The molecule has 0 aliphatic carbocycles. The van der Waals surface area contributed by atoms with E-state index in [1.165, 1.54) is 0 Å². The maximum atomic E-state index is 11.1. The molecule has 1 fully saturated rings. The molecule has 1 aliphatic rings. The van der Waals surface area contributed by atoms with E-state index in [2.05, 4.69) is 0 Å². The molecule has 5 nitrogen and oxygen atoms in total. The van der Waals surface area contributed by atoms with Crippen LogP contribution in [-0.2, 0) is 9.59 Å². The van der Waals surface area contributed by atoms with E-state index >= 15 is 0 Å². The zero-order chi connectivity index (χ0) is 10.8. The first-order valence-corrected chi connectivity index (χ1v) is 4.60. The molecule has 14 heavy (non-hydrogen) atoms. The van der Waals surface area contributed by atoms with Crippen LogP contribution in [0.3, 0.4) is 0 Å². The monoisotopic (exact) mass is 201 g/mol. The van der Waals surface area contributed by atoms with Crippen molar-refractivity contribution in [3.63, 3.8) is 0 Å². The van der Waals surface area contributed by atoms with E-state index in [0.717, 1.165) is 13.0 Å². The summed E-state index contributed by atoms with van der Waals surface area (Å²) in [7, 11) is 1.82. The van der Waals surface area contributed by atoms with Crippen LogP contribution in [0.15, 0.2) is 0 Å². The lowest BCUT2D eigenvalue weighted by atomic mass is 9.77. The van der Waals surface area contributed by atoms with Gasteiger partial charge in [0.1, 0.15) is 0 Å². The number of carboxylic acids is 2. The summed E-state index contributed by atoms with van der Waals surface area (Å²) in [5.74, 6) is -2.03. The first-order valence-electron chi connectivity index (χ1n) is 4.60. The van der Waals surface area contributed by atoms with Gasteiger partial charge < -0.3 is 15.1 Å². The Morgan fingerprint density at radius 1 is 1.43 bits per heavy atom. The molecule has 2 N–H and O–H groups in total. The predicted octanol–water partition coefficient (Wildman–Crippen LogP) is 0.258. The average Bonchev–Trinajstić information content (AvgIpc) is 2.02. The molecule has 1 atom stereocenters. The molecule has 0 bridgehead atoms. The number of aliphatic carboxylic acids is 2. The number of carbonyl (C=O) groups is 2. The maximum Gasteiger partial charge on any atom is 0.311 e. The van der Waals surface area contributed by atoms with Gasteiger partial charge in [0.25, 0.3) is 0 Å². The molecular weight excluding hydrogens is 186 g/mol. The lowest BCUT2D eigenvalue weighted by Crippen LogP contribution is -2.47. The van der Waals surface area contributed by atoms with Gasteiger partial charge in [0.05, 0.1) is 11.8 Å². The summed E-state index contributed by atoms with van der Waals surface area (Å²) in [5, 5.41) is 17.7. The Morgan fingerprint density at radius 2 is 2.07 bits per heavy atom. The third-order valence-electron chi connectivity index (χ3n) is 2.71. The van der Waals surface area contributed by atoms with Crippen molar-refractivity contribution < 1.29 is 19.8 Å². The Kier molecular flexibility index (Phi) is 3.10. The first kappa shape index (κ1) is 11.0. The van der Waals surface area contributed by atoms with Crippen molar-refractivity contribution in [2.75, 3.05) is 20.1 Å². The minimum atomic E-state index is -1.08. The van der Waals surface area contributed by atoms with E-state index in [9.17, 15) is 9.59 Å². The van der Waals surface area contributed by atoms with Gasteiger partial charge >= 0.3 is 11.9 Å². The number of piperidine rings is 1. The third-order valence-corrected chi connectivity index (χ3v) is 2.71. The number of hydrogen-bond donors (Lipinski definition) is 2. The molecule has 1 aliphatic heterocycles. The Labute approximate surface area is 82.3 Å². The molecular formula is C9H15NO4. The van der Waals surface area contributed by atoms with Crippen molar-refractivity contribution in [3.8, 4) is 0 Å². The molecule has 0 aromatic heterocycles. The summed E-state index contributed by atoms with van der Waals surface area (Å²) < 4.78 is 0. The average molecular weight is 201 g/mol. The van der Waals surface area contributed by atoms with E-state index in [1.807, 2.05) is 11.9 Å². The van der Waals surface area contributed by atoms with Gasteiger partial charge in [-0.25, -0.2) is 0 Å². The first-order chi connectivity index (χ1) is 6.46. The fourth-order valence-electron chi connectivity index (χ4n) is 2.05. The molecule has 0 saturated carbocycles. The summed E-state index contributed by atoms with van der Waals surface area (Å²) in [6.45, 7) is 1.17. The predicted molar refractivity (Wildman–Crippen MR) is 49.1 cm³/mol. The van der Waals surface area contributed by atoms with E-state index in [-0.39, 0.29) is 6.42 Å². The van der Waals surface area contributed by atoms with Gasteiger partial charge in [-0.05, 0) is 26.4 Å². The van der Waals surface area contributed by atoms with Crippen LogP contribution in [0.4, 0.5) is 0 Å². The Morgan fingerprint density at radius 3 is 2.50 bits per heavy atom. The Bertz CT molecular complexity index is 253. The SMILES string of the molecule is CN1CCCC(CC(=O)O)(C(=O)O)C1. The van der Waals surface area contributed by atoms with Gasteiger partial charge in [-0.1, -0.05) is 0 Å². The topological polar surface area (TPSA) is 77.8 Å². The van der Waals surface area contributed by atoms with Gasteiger partial charge in [0.2, 0.25) is 0 Å². The summed E-state index contributed by atoms with van der Waals surface area (Å²) in [6.07, 6.45) is 0.918. The number of rotatable bonds is 3. The number of likely N-dealkylation sites (tertiary alicyclic amines) is 1. The van der Waals surface area contributed by atoms with Gasteiger partial charge in [-0.2, -0.15) is 0 Å². The Balaban J connectivity index is 2.80. The normalized spacial score (nSPS) is 28.6. The van der Waals surface area contributed by atoms with Gasteiger partial charge in [0, 0.05) is 6.54 Å². The summed E-state index contributed by atoms with van der Waals surface area (Å²) in [6, 6.07) is 0. The van der Waals surface area contributed by atoms with E-state index < -0.39 is 17.4 Å². The molecule has 1 saturated heterocycles. The van der Waals surface area contributed by atoms with Crippen LogP contribution in [0.25, 0.3) is 0 Å². The molecule has 0 aromatic rings. The smallest absolute Gasteiger partial charge is 0.311 e. The van der Waals surface area contributed by atoms with Crippen LogP contribution >= 0.6 is 0 Å². The summed E-state index contributed by atoms with van der Waals surface area (Å²) in [4.78, 5) is 23.5. The quantitative estimate of drug-likeness (QED) is 0.684. The van der Waals surface area contributed by atoms with Crippen LogP contribution in [0, 0.1) is 5.41 Å². The molecule has 5 heteroatoms. The van der Waals surface area contributed by atoms with Crippen molar-refractivity contribution in [1.82, 2.24) is 4.90 Å². The van der Waals surface area contributed by atoms with E-state index in [4.69, 9.17) is 10.2 Å². The third kappa shape index (κ3) is 2.23. The Hall–Kier alpha value is -1.10. The molecule has 1 heterocycles. The maximum absolute atomic E-state index is 11.1. The number of hydrogen-bond acceptors (Lipinski definition) is 3. The van der Waals surface area contributed by atoms with Gasteiger partial charge in [-0.3, -0.25) is 9.59 Å². The number of nitrogens with zero attached hydrogens (tertiary/aromatic N) is 1. The van der Waals surface area contributed by atoms with Crippen molar-refractivity contribution in [3.05, 3.63) is 0 Å². The minimum Gasteiger partial charge on any atom is -0.481 e. The van der Waals surface area contributed by atoms with Crippen LogP contribution < -0.4 is 0 Å². The van der Waals surface area contributed by atoms with Crippen LogP contribution in [0.2, 0.25) is 0 Å². The zero-order valence-corrected chi connectivity index (χ0v) is 8.19. The fourth-order valence-corrected chi connectivity index (χ4v) is 2.05. The van der Waals surface area contributed by atoms with E-state index in [1.54, 1.807) is 0 Å². The van der Waals surface area contributed by atoms with Crippen LogP contribution in [0.5, 0.6) is 0 Å². The molecule has 0 spiro atoms. The van der Waals surface area contributed by atoms with Crippen LogP contribution in [-0.4, -0.2) is 47.2 Å². The molecule has 0 radical (unpaired) electrons. The lowest BCUT2D eigenvalue weighted by molar-refractivity contribution is -0.159. The highest BCUT2D eigenvalue weighted by molar-refractivity contribution is 5.81. The van der Waals surface area contributed by atoms with Gasteiger partial charge in [-0.15, -0.1) is 0 Å². The molecule has 1 unspecified atom stereocenters. The van der Waals surface area contributed by atoms with Crippen molar-refractivity contribution in [2.24, 2.45) is 5.41 Å².